The van der Waals surface area contributed by atoms with Crippen LogP contribution >= 0.6 is 11.6 Å². The Bertz CT molecular complexity index is 641. The predicted molar refractivity (Wildman–Crippen MR) is 101 cm³/mol. The normalized spacial score (nSPS) is 22.5. The van der Waals surface area contributed by atoms with Crippen LogP contribution in [-0.2, 0) is 0 Å². The van der Waals surface area contributed by atoms with Gasteiger partial charge in [0.25, 0.3) is 0 Å². The van der Waals surface area contributed by atoms with E-state index in [0.717, 1.165) is 44.3 Å². The van der Waals surface area contributed by atoms with E-state index in [4.69, 9.17) is 16.3 Å². The third-order valence-corrected chi connectivity index (χ3v) is 6.13. The second kappa shape index (κ2) is 7.61. The molecule has 3 fully saturated rings. The number of aryl methyl sites for hydroxylation is 1. The molecule has 3 heterocycles. The molecular formula is C19H27ClN4O2. The van der Waals surface area contributed by atoms with Gasteiger partial charge >= 0.3 is 6.03 Å². The summed E-state index contributed by atoms with van der Waals surface area (Å²) in [5.74, 6) is 0.636. The van der Waals surface area contributed by atoms with Gasteiger partial charge in [-0.25, -0.2) is 4.79 Å². The number of rotatable bonds is 3. The maximum absolute atomic E-state index is 12.8. The van der Waals surface area contributed by atoms with Gasteiger partial charge in [-0.2, -0.15) is 0 Å². The lowest BCUT2D eigenvalue weighted by Crippen LogP contribution is -2.60. The number of carbonyl (C=O) groups is 1. The zero-order chi connectivity index (χ0) is 18.1. The predicted octanol–water partition coefficient (Wildman–Crippen LogP) is 2.79. The Balaban J connectivity index is 1.26. The molecule has 0 aromatic carbocycles. The summed E-state index contributed by atoms with van der Waals surface area (Å²) < 4.78 is 5.96. The molecule has 3 aliphatic rings. The van der Waals surface area contributed by atoms with Gasteiger partial charge in [-0.3, -0.25) is 9.88 Å². The Morgan fingerprint density at radius 3 is 2.65 bits per heavy atom. The summed E-state index contributed by atoms with van der Waals surface area (Å²) in [4.78, 5) is 23.4. The van der Waals surface area contributed by atoms with Crippen molar-refractivity contribution in [2.24, 2.45) is 0 Å². The summed E-state index contributed by atoms with van der Waals surface area (Å²) in [6.07, 6.45) is 6.76. The Kier molecular flexibility index (Phi) is 5.23. The van der Waals surface area contributed by atoms with E-state index in [1.54, 1.807) is 12.3 Å². The summed E-state index contributed by atoms with van der Waals surface area (Å²) in [7, 11) is 0. The fourth-order valence-electron chi connectivity index (χ4n) is 3.94. The first-order valence-electron chi connectivity index (χ1n) is 9.67. The highest BCUT2D eigenvalue weighted by Gasteiger charge is 2.36. The summed E-state index contributed by atoms with van der Waals surface area (Å²) in [5.41, 5.74) is 0.783. The molecule has 26 heavy (non-hydrogen) atoms. The van der Waals surface area contributed by atoms with Crippen molar-refractivity contribution in [2.45, 2.75) is 44.8 Å². The smallest absolute Gasteiger partial charge is 0.320 e. The molecule has 2 amide bonds. The van der Waals surface area contributed by atoms with Gasteiger partial charge in [0.1, 0.15) is 6.10 Å². The number of hydrogen-bond donors (Lipinski definition) is 0. The van der Waals surface area contributed by atoms with Crippen LogP contribution in [0.1, 0.15) is 31.4 Å². The topological polar surface area (TPSA) is 48.9 Å². The van der Waals surface area contributed by atoms with Crippen LogP contribution in [0.25, 0.3) is 0 Å². The molecule has 1 aromatic heterocycles. The zero-order valence-electron chi connectivity index (χ0n) is 15.4. The summed E-state index contributed by atoms with van der Waals surface area (Å²) in [6.45, 7) is 6.95. The van der Waals surface area contributed by atoms with Crippen molar-refractivity contribution in [1.82, 2.24) is 19.7 Å². The van der Waals surface area contributed by atoms with Crippen LogP contribution in [0.4, 0.5) is 4.79 Å². The van der Waals surface area contributed by atoms with E-state index in [1.807, 2.05) is 16.7 Å². The summed E-state index contributed by atoms with van der Waals surface area (Å²) in [5, 5.41) is 0.575. The Morgan fingerprint density at radius 2 is 1.96 bits per heavy atom. The maximum atomic E-state index is 12.8. The molecule has 1 aromatic rings. The third-order valence-electron chi connectivity index (χ3n) is 5.83. The highest BCUT2D eigenvalue weighted by molar-refractivity contribution is 6.32. The van der Waals surface area contributed by atoms with Crippen LogP contribution in [-0.4, -0.2) is 77.1 Å². The van der Waals surface area contributed by atoms with Gasteiger partial charge in [-0.05, 0) is 32.3 Å². The second-order valence-corrected chi connectivity index (χ2v) is 8.00. The van der Waals surface area contributed by atoms with E-state index >= 15 is 0 Å². The molecule has 0 radical (unpaired) electrons. The summed E-state index contributed by atoms with van der Waals surface area (Å²) in [6, 6.07) is 2.64. The molecule has 0 bridgehead atoms. The number of halogens is 1. The van der Waals surface area contributed by atoms with Crippen LogP contribution < -0.4 is 4.74 Å². The number of pyridine rings is 1. The molecule has 4 rings (SSSR count). The molecule has 0 N–H and O–H groups in total. The first-order chi connectivity index (χ1) is 12.6. The largest absolute Gasteiger partial charge is 0.483 e. The van der Waals surface area contributed by atoms with Gasteiger partial charge < -0.3 is 14.5 Å². The lowest BCUT2D eigenvalue weighted by Gasteiger charge is -2.41. The van der Waals surface area contributed by atoms with Crippen molar-refractivity contribution in [1.29, 1.82) is 0 Å². The molecule has 6 nitrogen and oxygen atoms in total. The minimum atomic E-state index is -0.00203. The van der Waals surface area contributed by atoms with E-state index < -0.39 is 0 Å². The van der Waals surface area contributed by atoms with Gasteiger partial charge in [0, 0.05) is 38.4 Å². The molecule has 0 atom stereocenters. The van der Waals surface area contributed by atoms with Crippen LogP contribution in [0.3, 0.4) is 0 Å². The first-order valence-corrected chi connectivity index (χ1v) is 10.1. The third kappa shape index (κ3) is 3.62. The fourth-order valence-corrected chi connectivity index (χ4v) is 4.18. The lowest BCUT2D eigenvalue weighted by molar-refractivity contribution is 0.0303. The van der Waals surface area contributed by atoms with E-state index in [1.165, 1.54) is 19.3 Å². The molecule has 0 unspecified atom stereocenters. The molecule has 7 heteroatoms. The van der Waals surface area contributed by atoms with E-state index in [-0.39, 0.29) is 12.1 Å². The van der Waals surface area contributed by atoms with Gasteiger partial charge in [0.2, 0.25) is 0 Å². The van der Waals surface area contributed by atoms with Crippen LogP contribution in [0.15, 0.2) is 12.3 Å². The molecule has 2 saturated heterocycles. The van der Waals surface area contributed by atoms with Crippen molar-refractivity contribution < 1.29 is 9.53 Å². The highest BCUT2D eigenvalue weighted by Crippen LogP contribution is 2.29. The monoisotopic (exact) mass is 378 g/mol. The molecule has 0 spiro atoms. The number of amides is 2. The van der Waals surface area contributed by atoms with Crippen molar-refractivity contribution in [2.75, 3.05) is 39.3 Å². The lowest BCUT2D eigenvalue weighted by atomic mass is 9.91. The Hall–Kier alpha value is -1.53. The van der Waals surface area contributed by atoms with Gasteiger partial charge in [0.15, 0.2) is 5.75 Å². The first kappa shape index (κ1) is 17.9. The van der Waals surface area contributed by atoms with Gasteiger partial charge in [0.05, 0.1) is 23.8 Å². The van der Waals surface area contributed by atoms with E-state index in [2.05, 4.69) is 9.88 Å². The van der Waals surface area contributed by atoms with Crippen molar-refractivity contribution in [3.05, 3.63) is 23.0 Å². The second-order valence-electron chi connectivity index (χ2n) is 7.60. The molecule has 1 saturated carbocycles. The maximum Gasteiger partial charge on any atom is 0.320 e. The van der Waals surface area contributed by atoms with Crippen molar-refractivity contribution >= 4 is 17.6 Å². The van der Waals surface area contributed by atoms with E-state index in [0.29, 0.717) is 23.9 Å². The number of nitrogens with zero attached hydrogens (tertiary/aromatic N) is 4. The number of hydrogen-bond acceptors (Lipinski definition) is 4. The number of urea groups is 1. The van der Waals surface area contributed by atoms with Crippen LogP contribution in [0.2, 0.25) is 5.02 Å². The standard InChI is InChI=1S/C19H27ClN4O2/c1-14-18(17(20)6-7-21-14)26-16-12-24(13-16)19(25)23-9-3-8-22(10-11-23)15-4-2-5-15/h6-7,15-16H,2-5,8-13H2,1H3. The quantitative estimate of drug-likeness (QED) is 0.811. The zero-order valence-corrected chi connectivity index (χ0v) is 16.1. The minimum Gasteiger partial charge on any atom is -0.483 e. The average Bonchev–Trinajstić information content (AvgIpc) is 2.77. The van der Waals surface area contributed by atoms with Crippen molar-refractivity contribution in [3.8, 4) is 5.75 Å². The van der Waals surface area contributed by atoms with Crippen molar-refractivity contribution in [3.63, 3.8) is 0 Å². The van der Waals surface area contributed by atoms with Gasteiger partial charge in [-0.1, -0.05) is 18.0 Å². The number of ether oxygens (including phenoxy) is 1. The number of carbonyl (C=O) groups excluding carboxylic acids is 1. The average molecular weight is 379 g/mol. The minimum absolute atomic E-state index is 0.00203. The molecule has 2 aliphatic heterocycles. The molecular weight excluding hydrogens is 352 g/mol. The number of aromatic nitrogens is 1. The van der Waals surface area contributed by atoms with Crippen LogP contribution in [0, 0.1) is 6.92 Å². The number of likely N-dealkylation sites (tertiary alicyclic amines) is 1. The van der Waals surface area contributed by atoms with E-state index in [9.17, 15) is 4.79 Å². The summed E-state index contributed by atoms with van der Waals surface area (Å²) >= 11 is 6.19. The SMILES string of the molecule is Cc1nccc(Cl)c1OC1CN(C(=O)N2CCCN(C3CCC3)CC2)C1. The molecule has 142 valence electrons. The highest BCUT2D eigenvalue weighted by atomic mass is 35.5. The fraction of sp³-hybridized carbons (Fsp3) is 0.684. The Morgan fingerprint density at radius 1 is 1.15 bits per heavy atom. The van der Waals surface area contributed by atoms with Crippen LogP contribution in [0.5, 0.6) is 5.75 Å². The molecule has 1 aliphatic carbocycles. The van der Waals surface area contributed by atoms with Gasteiger partial charge in [-0.15, -0.1) is 0 Å². The Labute approximate surface area is 160 Å².